The maximum absolute atomic E-state index is 12.7. The Morgan fingerprint density at radius 1 is 1.16 bits per heavy atom. The van der Waals surface area contributed by atoms with Crippen LogP contribution >= 0.6 is 0 Å². The lowest BCUT2D eigenvalue weighted by atomic mass is 10.1. The maximum atomic E-state index is 12.7. The number of aromatic amines is 1. The number of allylic oxidation sites excluding steroid dienone is 1. The van der Waals surface area contributed by atoms with E-state index in [1.54, 1.807) is 36.6 Å². The zero-order valence-electron chi connectivity index (χ0n) is 14.2. The number of H-pyrrole nitrogens is 1. The second-order valence-corrected chi connectivity index (χ2v) is 5.02. The van der Waals surface area contributed by atoms with E-state index in [2.05, 4.69) is 18.1 Å². The van der Waals surface area contributed by atoms with E-state index in [-0.39, 0.29) is 12.4 Å². The molecule has 0 atom stereocenters. The van der Waals surface area contributed by atoms with Gasteiger partial charge < -0.3 is 19.2 Å². The summed E-state index contributed by atoms with van der Waals surface area (Å²) in [6.45, 7) is 7.85. The van der Waals surface area contributed by atoms with Crippen LogP contribution in [0, 0.1) is 0 Å². The number of hydrogen-bond acceptors (Lipinski definition) is 4. The average molecular weight is 339 g/mol. The average Bonchev–Trinajstić information content (AvgIpc) is 3.15. The number of ketones is 1. The van der Waals surface area contributed by atoms with Crippen LogP contribution in [0.3, 0.4) is 0 Å². The molecule has 0 aliphatic rings. The van der Waals surface area contributed by atoms with Crippen LogP contribution < -0.4 is 14.2 Å². The minimum Gasteiger partial charge on any atom is -0.496 e. The molecule has 1 N–H and O–H groups in total. The number of carbonyl (C=O) groups excluding carboxylic acids is 1. The Bertz CT molecular complexity index is 760. The zero-order valence-corrected chi connectivity index (χ0v) is 14.2. The summed E-state index contributed by atoms with van der Waals surface area (Å²) in [5, 5.41) is 0. The molecule has 0 aliphatic carbocycles. The third kappa shape index (κ3) is 4.88. The van der Waals surface area contributed by atoms with Gasteiger partial charge in [0.25, 0.3) is 0 Å². The number of aromatic nitrogens is 1. The van der Waals surface area contributed by atoms with E-state index in [1.165, 1.54) is 13.2 Å². The van der Waals surface area contributed by atoms with Crippen molar-refractivity contribution >= 4 is 11.9 Å². The molecule has 5 heteroatoms. The van der Waals surface area contributed by atoms with Gasteiger partial charge in [0.1, 0.15) is 36.0 Å². The third-order valence-corrected chi connectivity index (χ3v) is 3.27. The first-order chi connectivity index (χ1) is 12.2. The van der Waals surface area contributed by atoms with E-state index in [4.69, 9.17) is 14.2 Å². The number of rotatable bonds is 10. The summed E-state index contributed by atoms with van der Waals surface area (Å²) in [6, 6.07) is 7.03. The van der Waals surface area contributed by atoms with Gasteiger partial charge in [0, 0.05) is 24.0 Å². The van der Waals surface area contributed by atoms with Gasteiger partial charge in [0.2, 0.25) is 0 Å². The van der Waals surface area contributed by atoms with Gasteiger partial charge in [-0.1, -0.05) is 25.3 Å². The number of benzene rings is 1. The first-order valence-electron chi connectivity index (χ1n) is 7.74. The number of nitrogens with one attached hydrogen (secondary N) is 1. The predicted molar refractivity (Wildman–Crippen MR) is 98.5 cm³/mol. The quantitative estimate of drug-likeness (QED) is 0.403. The molecule has 5 nitrogen and oxygen atoms in total. The molecular weight excluding hydrogens is 318 g/mol. The van der Waals surface area contributed by atoms with Gasteiger partial charge in [-0.2, -0.15) is 0 Å². The van der Waals surface area contributed by atoms with E-state index in [0.29, 0.717) is 29.4 Å². The monoisotopic (exact) mass is 339 g/mol. The van der Waals surface area contributed by atoms with Crippen LogP contribution in [-0.2, 0) is 0 Å². The van der Waals surface area contributed by atoms with Crippen molar-refractivity contribution in [2.45, 2.75) is 0 Å². The zero-order chi connectivity index (χ0) is 18.1. The second kappa shape index (κ2) is 9.17. The molecule has 1 heterocycles. The Morgan fingerprint density at radius 2 is 1.88 bits per heavy atom. The highest BCUT2D eigenvalue weighted by Gasteiger charge is 2.19. The second-order valence-electron chi connectivity index (χ2n) is 5.02. The van der Waals surface area contributed by atoms with Crippen LogP contribution in [0.25, 0.3) is 6.08 Å². The minimum atomic E-state index is -0.235. The summed E-state index contributed by atoms with van der Waals surface area (Å²) >= 11 is 0. The largest absolute Gasteiger partial charge is 0.496 e. The van der Waals surface area contributed by atoms with Gasteiger partial charge in [-0.25, -0.2) is 0 Å². The van der Waals surface area contributed by atoms with Crippen LogP contribution in [0.5, 0.6) is 17.2 Å². The number of methoxy groups -OCH3 is 1. The molecule has 130 valence electrons. The number of ether oxygens (including phenoxy) is 3. The molecule has 0 saturated carbocycles. The molecule has 0 amide bonds. The third-order valence-electron chi connectivity index (χ3n) is 3.27. The number of hydrogen-bond donors (Lipinski definition) is 1. The molecule has 0 bridgehead atoms. The minimum absolute atomic E-state index is 0.235. The molecule has 1 aromatic heterocycles. The highest BCUT2D eigenvalue weighted by molar-refractivity contribution is 6.10. The van der Waals surface area contributed by atoms with Crippen molar-refractivity contribution in [3.63, 3.8) is 0 Å². The van der Waals surface area contributed by atoms with Gasteiger partial charge in [-0.05, 0) is 24.3 Å². The van der Waals surface area contributed by atoms with E-state index in [0.717, 1.165) is 5.69 Å². The van der Waals surface area contributed by atoms with Crippen LogP contribution in [0.15, 0.2) is 61.8 Å². The van der Waals surface area contributed by atoms with Crippen molar-refractivity contribution in [2.75, 3.05) is 20.3 Å². The Balaban J connectivity index is 2.39. The summed E-state index contributed by atoms with van der Waals surface area (Å²) in [5.41, 5.74) is 1.16. The summed E-state index contributed by atoms with van der Waals surface area (Å²) < 4.78 is 16.5. The van der Waals surface area contributed by atoms with Crippen LogP contribution in [0.1, 0.15) is 16.1 Å². The van der Waals surface area contributed by atoms with Gasteiger partial charge in [-0.15, -0.1) is 0 Å². The van der Waals surface area contributed by atoms with E-state index in [9.17, 15) is 4.79 Å². The van der Waals surface area contributed by atoms with E-state index >= 15 is 0 Å². The molecule has 0 saturated heterocycles. The molecule has 1 aromatic carbocycles. The lowest BCUT2D eigenvalue weighted by Crippen LogP contribution is -2.06. The fourth-order valence-electron chi connectivity index (χ4n) is 2.17. The van der Waals surface area contributed by atoms with E-state index < -0.39 is 0 Å². The van der Waals surface area contributed by atoms with Gasteiger partial charge in [0.05, 0.1) is 7.11 Å². The first-order valence-corrected chi connectivity index (χ1v) is 7.74. The lowest BCUT2D eigenvalue weighted by Gasteiger charge is -2.15. The Hall–Kier alpha value is -3.21. The highest BCUT2D eigenvalue weighted by atomic mass is 16.5. The predicted octanol–water partition coefficient (Wildman–Crippen LogP) is 4.05. The van der Waals surface area contributed by atoms with Crippen LogP contribution in [0.4, 0.5) is 0 Å². The molecule has 0 unspecified atom stereocenters. The van der Waals surface area contributed by atoms with E-state index in [1.807, 2.05) is 12.1 Å². The summed E-state index contributed by atoms with van der Waals surface area (Å²) in [6.07, 6.45) is 8.19. The van der Waals surface area contributed by atoms with Gasteiger partial charge in [0.15, 0.2) is 5.78 Å². The molecule has 2 rings (SSSR count). The normalized spacial score (nSPS) is 10.4. The van der Waals surface area contributed by atoms with Crippen LogP contribution in [0.2, 0.25) is 0 Å². The van der Waals surface area contributed by atoms with Gasteiger partial charge >= 0.3 is 0 Å². The standard InChI is InChI=1S/C20H21NO4/c1-4-11-24-16-13-18(23-3)20(19(14-16)25-12-5-2)17(22)9-8-15-7-6-10-21-15/h4-10,13-14,21H,1-2,11-12H2,3H3/b9-8+. The van der Waals surface area contributed by atoms with Crippen LogP contribution in [-0.4, -0.2) is 31.1 Å². The Kier molecular flexibility index (Phi) is 6.65. The molecule has 0 radical (unpaired) electrons. The molecule has 0 spiro atoms. The van der Waals surface area contributed by atoms with Crippen molar-refractivity contribution in [1.29, 1.82) is 0 Å². The molecule has 0 aliphatic heterocycles. The van der Waals surface area contributed by atoms with Crippen molar-refractivity contribution in [3.8, 4) is 17.2 Å². The lowest BCUT2D eigenvalue weighted by molar-refractivity contribution is 0.104. The topological polar surface area (TPSA) is 60.5 Å². The fourth-order valence-corrected chi connectivity index (χ4v) is 2.17. The maximum Gasteiger partial charge on any atom is 0.193 e. The Labute approximate surface area is 147 Å². The van der Waals surface area contributed by atoms with Crippen molar-refractivity contribution in [1.82, 2.24) is 4.98 Å². The number of carbonyl (C=O) groups is 1. The molecule has 25 heavy (non-hydrogen) atoms. The summed E-state index contributed by atoms with van der Waals surface area (Å²) in [7, 11) is 1.50. The van der Waals surface area contributed by atoms with Gasteiger partial charge in [-0.3, -0.25) is 4.79 Å². The first kappa shape index (κ1) is 18.1. The molecule has 0 fully saturated rings. The highest BCUT2D eigenvalue weighted by Crippen LogP contribution is 2.35. The van der Waals surface area contributed by atoms with Crippen molar-refractivity contribution in [2.24, 2.45) is 0 Å². The van der Waals surface area contributed by atoms with Crippen molar-refractivity contribution in [3.05, 3.63) is 73.1 Å². The summed E-state index contributed by atoms with van der Waals surface area (Å²) in [5.74, 6) is 1.04. The Morgan fingerprint density at radius 3 is 2.52 bits per heavy atom. The SMILES string of the molecule is C=CCOc1cc(OC)c(C(=O)/C=C/c2ccc[nH]2)c(OCC=C)c1. The molecule has 2 aromatic rings. The summed E-state index contributed by atoms with van der Waals surface area (Å²) in [4.78, 5) is 15.7. The smallest absolute Gasteiger partial charge is 0.193 e. The van der Waals surface area contributed by atoms with Crippen molar-refractivity contribution < 1.29 is 19.0 Å². The fraction of sp³-hybridized carbons (Fsp3) is 0.150. The molecular formula is C20H21NO4.